The summed E-state index contributed by atoms with van der Waals surface area (Å²) in [5.41, 5.74) is 4.60. The maximum Gasteiger partial charge on any atom is 0.326 e. The first-order valence-electron chi connectivity index (χ1n) is 7.31. The summed E-state index contributed by atoms with van der Waals surface area (Å²) in [5.74, 6) is -3.16. The Balaban J connectivity index is 2.20. The number of rotatable bonds is 3. The first-order valence-corrected chi connectivity index (χ1v) is 7.31. The first-order chi connectivity index (χ1) is 12.3. The van der Waals surface area contributed by atoms with E-state index in [1.807, 2.05) is 0 Å². The number of anilines is 1. The van der Waals surface area contributed by atoms with Gasteiger partial charge in [-0.15, -0.1) is 0 Å². The molecule has 1 heterocycles. The molecule has 26 heavy (non-hydrogen) atoms. The third kappa shape index (κ3) is 2.69. The maximum absolute atomic E-state index is 13.8. The number of halogens is 2. The number of carbonyl (C=O) groups excluding carboxylic acids is 2. The second-order valence-electron chi connectivity index (χ2n) is 5.30. The van der Waals surface area contributed by atoms with E-state index in [1.54, 1.807) is 0 Å². The lowest BCUT2D eigenvalue weighted by Gasteiger charge is -2.08. The molecule has 2 aromatic carbocycles. The van der Waals surface area contributed by atoms with Crippen molar-refractivity contribution in [3.05, 3.63) is 53.6 Å². The molecule has 1 aromatic heterocycles. The normalized spacial score (nSPS) is 10.7. The smallest absolute Gasteiger partial charge is 0.326 e. The third-order valence-corrected chi connectivity index (χ3v) is 3.77. The maximum atomic E-state index is 13.8. The van der Waals surface area contributed by atoms with Crippen LogP contribution in [0.4, 0.5) is 19.3 Å². The Kier molecular flexibility index (Phi) is 4.21. The Morgan fingerprint density at radius 3 is 2.62 bits per heavy atom. The highest BCUT2D eigenvalue weighted by Gasteiger charge is 2.27. The molecule has 9 heteroatoms. The van der Waals surface area contributed by atoms with Gasteiger partial charge < -0.3 is 20.9 Å². The molecular formula is C17H13F2N3O4. The van der Waals surface area contributed by atoms with E-state index in [9.17, 15) is 23.5 Å². The van der Waals surface area contributed by atoms with Crippen molar-refractivity contribution in [3.8, 4) is 11.6 Å². The summed E-state index contributed by atoms with van der Waals surface area (Å²) in [4.78, 5) is 24.3. The molecular weight excluding hydrogens is 348 g/mol. The number of fused-ring (bicyclic) bond motifs is 1. The topological polar surface area (TPSA) is 107 Å². The summed E-state index contributed by atoms with van der Waals surface area (Å²) in [6.07, 6.45) is 0. The highest BCUT2D eigenvalue weighted by Crippen LogP contribution is 2.37. The number of amides is 2. The van der Waals surface area contributed by atoms with E-state index < -0.39 is 35.1 Å². The zero-order valence-corrected chi connectivity index (χ0v) is 13.4. The number of aromatic hydroxyl groups is 1. The fourth-order valence-electron chi connectivity index (χ4n) is 2.68. The van der Waals surface area contributed by atoms with Crippen LogP contribution in [0.1, 0.15) is 10.4 Å². The number of nitrogens with one attached hydrogen (secondary N) is 1. The minimum Gasteiger partial charge on any atom is -0.496 e. The van der Waals surface area contributed by atoms with Gasteiger partial charge in [-0.05, 0) is 24.3 Å². The van der Waals surface area contributed by atoms with Gasteiger partial charge in [0.25, 0.3) is 5.91 Å². The molecule has 0 radical (unpaired) electrons. The zero-order valence-electron chi connectivity index (χ0n) is 13.4. The van der Waals surface area contributed by atoms with Gasteiger partial charge >= 0.3 is 6.03 Å². The number of methoxy groups -OCH3 is 1. The third-order valence-electron chi connectivity index (χ3n) is 3.77. The Hall–Kier alpha value is -3.62. The molecule has 0 atom stereocenters. The molecule has 0 aliphatic rings. The first kappa shape index (κ1) is 17.2. The fraction of sp³-hybridized carbons (Fsp3) is 0.0588. The summed E-state index contributed by atoms with van der Waals surface area (Å²) in [6.45, 7) is 0. The van der Waals surface area contributed by atoms with Crippen LogP contribution >= 0.6 is 0 Å². The molecule has 0 saturated heterocycles. The molecule has 2 amide bonds. The molecule has 0 fully saturated rings. The molecule has 0 saturated carbocycles. The molecule has 4 N–H and O–H groups in total. The second kappa shape index (κ2) is 6.36. The largest absolute Gasteiger partial charge is 0.496 e. The van der Waals surface area contributed by atoms with Gasteiger partial charge in [-0.3, -0.25) is 4.79 Å². The number of carbonyl (C=O) groups is 2. The van der Waals surface area contributed by atoms with Gasteiger partial charge in [-0.1, -0.05) is 6.07 Å². The summed E-state index contributed by atoms with van der Waals surface area (Å²) in [5, 5.41) is 12.6. The lowest BCUT2D eigenvalue weighted by Crippen LogP contribution is -2.19. The Labute approximate surface area is 145 Å². The van der Waals surface area contributed by atoms with Crippen molar-refractivity contribution in [2.45, 2.75) is 0 Å². The highest BCUT2D eigenvalue weighted by atomic mass is 19.1. The summed E-state index contributed by atoms with van der Waals surface area (Å²) >= 11 is 0. The van der Waals surface area contributed by atoms with E-state index in [2.05, 4.69) is 5.32 Å². The van der Waals surface area contributed by atoms with Gasteiger partial charge in [0, 0.05) is 6.07 Å². The number of nitrogens with two attached hydrogens (primary N) is 1. The van der Waals surface area contributed by atoms with Crippen LogP contribution in [0, 0.1) is 11.6 Å². The van der Waals surface area contributed by atoms with E-state index in [0.717, 1.165) is 18.2 Å². The van der Waals surface area contributed by atoms with E-state index in [1.165, 1.54) is 25.3 Å². The summed E-state index contributed by atoms with van der Waals surface area (Å²) < 4.78 is 33.0. The van der Waals surface area contributed by atoms with E-state index in [0.29, 0.717) is 4.57 Å². The van der Waals surface area contributed by atoms with Crippen LogP contribution in [-0.4, -0.2) is 28.7 Å². The molecule has 134 valence electrons. The Morgan fingerprint density at radius 2 is 1.96 bits per heavy atom. The lowest BCUT2D eigenvalue weighted by molar-refractivity contribution is 0.102. The molecule has 0 aliphatic heterocycles. The van der Waals surface area contributed by atoms with Gasteiger partial charge in [0.05, 0.1) is 23.7 Å². The molecule has 0 unspecified atom stereocenters. The van der Waals surface area contributed by atoms with Crippen molar-refractivity contribution < 1.29 is 28.2 Å². The predicted molar refractivity (Wildman–Crippen MR) is 89.4 cm³/mol. The zero-order chi connectivity index (χ0) is 19.0. The van der Waals surface area contributed by atoms with Gasteiger partial charge in [0.15, 0.2) is 0 Å². The summed E-state index contributed by atoms with van der Waals surface area (Å²) in [6, 6.07) is 5.98. The molecule has 3 rings (SSSR count). The quantitative estimate of drug-likeness (QED) is 0.667. The monoisotopic (exact) mass is 361 g/mol. The van der Waals surface area contributed by atoms with Crippen LogP contribution in [-0.2, 0) is 0 Å². The lowest BCUT2D eigenvalue weighted by atomic mass is 10.1. The highest BCUT2D eigenvalue weighted by molar-refractivity contribution is 6.18. The Bertz CT molecular complexity index is 1050. The molecule has 3 aromatic rings. The SMILES string of the molecule is COc1cccc2c1c(C(=O)Nc1cc(F)ccc1F)c(O)n2C(N)=O. The number of aromatic nitrogens is 1. The second-order valence-corrected chi connectivity index (χ2v) is 5.30. The molecule has 0 bridgehead atoms. The van der Waals surface area contributed by atoms with Crippen LogP contribution in [0.3, 0.4) is 0 Å². The van der Waals surface area contributed by atoms with Gasteiger partial charge in [-0.25, -0.2) is 18.1 Å². The van der Waals surface area contributed by atoms with Crippen LogP contribution in [0.25, 0.3) is 10.9 Å². The van der Waals surface area contributed by atoms with Crippen LogP contribution < -0.4 is 15.8 Å². The van der Waals surface area contributed by atoms with Crippen LogP contribution in [0.15, 0.2) is 36.4 Å². The minimum atomic E-state index is -1.03. The van der Waals surface area contributed by atoms with Crippen molar-refractivity contribution in [1.82, 2.24) is 4.57 Å². The number of hydrogen-bond acceptors (Lipinski definition) is 4. The molecule has 7 nitrogen and oxygen atoms in total. The van der Waals surface area contributed by atoms with Crippen molar-refractivity contribution in [2.75, 3.05) is 12.4 Å². The average molecular weight is 361 g/mol. The molecule has 0 aliphatic carbocycles. The van der Waals surface area contributed by atoms with Crippen molar-refractivity contribution in [3.63, 3.8) is 0 Å². The number of benzene rings is 2. The van der Waals surface area contributed by atoms with Crippen LogP contribution in [0.2, 0.25) is 0 Å². The number of hydrogen-bond donors (Lipinski definition) is 3. The van der Waals surface area contributed by atoms with Gasteiger partial charge in [-0.2, -0.15) is 0 Å². The fourth-order valence-corrected chi connectivity index (χ4v) is 2.68. The Morgan fingerprint density at radius 1 is 1.23 bits per heavy atom. The van der Waals surface area contributed by atoms with Crippen molar-refractivity contribution >= 4 is 28.5 Å². The standard InChI is InChI=1S/C17H13F2N3O4/c1-26-12-4-2-3-11-13(12)14(16(24)22(11)17(20)25)15(23)21-10-7-8(18)5-6-9(10)19/h2-7,24H,1H3,(H2,20,25)(H,21,23). The number of nitrogens with zero attached hydrogens (tertiary/aromatic N) is 1. The van der Waals surface area contributed by atoms with E-state index in [4.69, 9.17) is 10.5 Å². The average Bonchev–Trinajstić information content (AvgIpc) is 2.90. The van der Waals surface area contributed by atoms with Crippen molar-refractivity contribution in [2.24, 2.45) is 5.73 Å². The predicted octanol–water partition coefficient (Wildman–Crippen LogP) is 2.81. The molecule has 0 spiro atoms. The van der Waals surface area contributed by atoms with E-state index in [-0.39, 0.29) is 22.2 Å². The van der Waals surface area contributed by atoms with Crippen LogP contribution in [0.5, 0.6) is 11.6 Å². The van der Waals surface area contributed by atoms with Crippen molar-refractivity contribution in [1.29, 1.82) is 0 Å². The van der Waals surface area contributed by atoms with Gasteiger partial charge in [0.2, 0.25) is 5.88 Å². The number of primary amides is 1. The number of ether oxygens (including phenoxy) is 1. The summed E-state index contributed by atoms with van der Waals surface area (Å²) in [7, 11) is 1.33. The minimum absolute atomic E-state index is 0.0978. The van der Waals surface area contributed by atoms with E-state index >= 15 is 0 Å². The van der Waals surface area contributed by atoms with Gasteiger partial charge in [0.1, 0.15) is 22.9 Å².